The first kappa shape index (κ1) is 32.7. The Morgan fingerprint density at radius 1 is 1.14 bits per heavy atom. The number of aromatic nitrogens is 4. The minimum Gasteiger partial charge on any atom is -0.414 e. The first-order valence-corrected chi connectivity index (χ1v) is 18.9. The smallest absolute Gasteiger partial charge is 0.414 e. The van der Waals surface area contributed by atoms with Gasteiger partial charge in [-0.2, -0.15) is 5.26 Å². The molecule has 0 radical (unpaired) electrons. The third kappa shape index (κ3) is 6.05. The van der Waals surface area contributed by atoms with Gasteiger partial charge in [-0.1, -0.05) is 55.4 Å². The second kappa shape index (κ2) is 13.2. The molecule has 4 rings (SSSR count). The summed E-state index contributed by atoms with van der Waals surface area (Å²) >= 11 is 0. The fourth-order valence-electron chi connectivity index (χ4n) is 6.41. The maximum absolute atomic E-state index is 9.25. The average molecular weight is 618 g/mol. The minimum atomic E-state index is -3.20. The van der Waals surface area contributed by atoms with Crippen molar-refractivity contribution in [3.05, 3.63) is 12.7 Å². The van der Waals surface area contributed by atoms with Gasteiger partial charge < -0.3 is 27.3 Å². The van der Waals surface area contributed by atoms with E-state index in [-0.39, 0.29) is 24.7 Å². The molecule has 2 aliphatic heterocycles. The Hall–Kier alpha value is -2.26. The molecular formula is C28H47N7O5Si2. The van der Waals surface area contributed by atoms with Gasteiger partial charge in [0.15, 0.2) is 31.5 Å². The van der Waals surface area contributed by atoms with Crippen molar-refractivity contribution in [1.82, 2.24) is 24.4 Å². The van der Waals surface area contributed by atoms with E-state index >= 15 is 0 Å². The van der Waals surface area contributed by atoms with Crippen molar-refractivity contribution in [3.63, 3.8) is 0 Å². The van der Waals surface area contributed by atoms with Gasteiger partial charge in [-0.15, -0.1) is 0 Å². The third-order valence-corrected chi connectivity index (χ3v) is 18.9. The van der Waals surface area contributed by atoms with Crippen LogP contribution < -0.4 is 0 Å². The van der Waals surface area contributed by atoms with Gasteiger partial charge in [0.05, 0.1) is 38.4 Å². The Morgan fingerprint density at radius 3 is 2.43 bits per heavy atom. The SMILES string of the molecule is CC(C)[Si]1(O[Si](C(C)C)(C(C)C)C(C)C)OC[C@H]2O[C@@H](n3cnc4c(N=CN(C)C)ncnc43)[C@H](OCCC#N)[C@@H]2O1. The van der Waals surface area contributed by atoms with Gasteiger partial charge in [-0.25, -0.2) is 19.9 Å². The van der Waals surface area contributed by atoms with Crippen LogP contribution in [0.15, 0.2) is 17.6 Å². The summed E-state index contributed by atoms with van der Waals surface area (Å²) < 4.78 is 35.9. The van der Waals surface area contributed by atoms with E-state index in [1.807, 2.05) is 23.6 Å². The summed E-state index contributed by atoms with van der Waals surface area (Å²) in [7, 11) is -1.76. The number of nitriles is 1. The normalized spacial score (nSPS) is 26.7. The molecule has 0 N–H and O–H groups in total. The van der Waals surface area contributed by atoms with Gasteiger partial charge in [-0.3, -0.25) is 4.57 Å². The molecule has 12 nitrogen and oxygen atoms in total. The quantitative estimate of drug-likeness (QED) is 0.136. The molecule has 2 aliphatic rings. The summed E-state index contributed by atoms with van der Waals surface area (Å²) in [5, 5.41) is 9.25. The second-order valence-corrected chi connectivity index (χ2v) is 21.5. The van der Waals surface area contributed by atoms with Gasteiger partial charge in [0.2, 0.25) is 0 Å². The number of ether oxygens (including phenoxy) is 2. The summed E-state index contributed by atoms with van der Waals surface area (Å²) in [4.78, 5) is 19.7. The standard InChI is InChI=1S/C28H47N7O5Si2/c1-18(2)41(19(3)4,20(5)6)40-42(21(7)8)37-14-22-24(39-42)25(36-13-11-12-29)28(38-22)35-17-32-23-26(33-16-34(9)10)30-15-31-27(23)35/h15-22,24-25,28H,11,13-14H2,1-10H3/t22-,24-,25-,28-,42?/m1/s1. The second-order valence-electron chi connectivity index (χ2n) is 12.6. The Labute approximate surface area is 251 Å². The number of aliphatic imine (C=N–C) groups is 1. The molecule has 0 saturated carbocycles. The molecule has 2 saturated heterocycles. The molecule has 0 spiro atoms. The summed E-state index contributed by atoms with van der Waals surface area (Å²) in [6.45, 7) is 18.5. The summed E-state index contributed by atoms with van der Waals surface area (Å²) in [5.41, 5.74) is 2.30. The Kier molecular flexibility index (Phi) is 10.2. The van der Waals surface area contributed by atoms with Crippen LogP contribution in [-0.4, -0.2) is 93.5 Å². The van der Waals surface area contributed by atoms with E-state index in [4.69, 9.17) is 22.4 Å². The molecule has 14 heteroatoms. The lowest BCUT2D eigenvalue weighted by Gasteiger charge is -2.51. The Bertz CT molecular complexity index is 1260. The van der Waals surface area contributed by atoms with Crippen molar-refractivity contribution in [3.8, 4) is 6.07 Å². The Balaban J connectivity index is 1.73. The average Bonchev–Trinajstić information content (AvgIpc) is 3.51. The third-order valence-electron chi connectivity index (χ3n) is 8.32. The first-order valence-electron chi connectivity index (χ1n) is 14.9. The van der Waals surface area contributed by atoms with Crippen LogP contribution in [0.2, 0.25) is 22.2 Å². The van der Waals surface area contributed by atoms with Crippen LogP contribution in [0.1, 0.15) is 68.0 Å². The van der Waals surface area contributed by atoms with Crippen molar-refractivity contribution >= 4 is 40.4 Å². The number of hydrogen-bond acceptors (Lipinski definition) is 10. The van der Waals surface area contributed by atoms with Crippen LogP contribution >= 0.6 is 0 Å². The minimum absolute atomic E-state index is 0.0410. The largest absolute Gasteiger partial charge is 0.493 e. The van der Waals surface area contributed by atoms with Gasteiger partial charge in [0.25, 0.3) is 0 Å². The molecule has 0 amide bonds. The first-order chi connectivity index (χ1) is 19.9. The maximum Gasteiger partial charge on any atom is 0.493 e. The predicted molar refractivity (Wildman–Crippen MR) is 165 cm³/mol. The van der Waals surface area contributed by atoms with E-state index in [2.05, 4.69) is 81.4 Å². The van der Waals surface area contributed by atoms with Crippen molar-refractivity contribution < 1.29 is 22.4 Å². The molecule has 42 heavy (non-hydrogen) atoms. The molecule has 0 bridgehead atoms. The fraction of sp³-hybridized carbons (Fsp3) is 0.750. The Morgan fingerprint density at radius 2 is 1.83 bits per heavy atom. The van der Waals surface area contributed by atoms with Crippen LogP contribution in [0.4, 0.5) is 5.82 Å². The van der Waals surface area contributed by atoms with E-state index in [0.717, 1.165) is 0 Å². The lowest BCUT2D eigenvalue weighted by atomic mass is 10.1. The summed E-state index contributed by atoms with van der Waals surface area (Å²) in [5.74, 6) is 0.460. The van der Waals surface area contributed by atoms with Crippen molar-refractivity contribution in [1.29, 1.82) is 5.26 Å². The highest BCUT2D eigenvalue weighted by Gasteiger charge is 2.63. The molecule has 0 aliphatic carbocycles. The number of nitrogens with zero attached hydrogens (tertiary/aromatic N) is 7. The van der Waals surface area contributed by atoms with Crippen molar-refractivity contribution in [2.75, 3.05) is 27.3 Å². The zero-order chi connectivity index (χ0) is 30.8. The highest BCUT2D eigenvalue weighted by Crippen LogP contribution is 2.49. The number of imidazole rings is 1. The van der Waals surface area contributed by atoms with E-state index in [0.29, 0.717) is 40.2 Å². The van der Waals surface area contributed by atoms with Gasteiger partial charge in [0.1, 0.15) is 24.6 Å². The van der Waals surface area contributed by atoms with E-state index in [1.165, 1.54) is 6.33 Å². The number of hydrogen-bond donors (Lipinski definition) is 0. The molecule has 2 fully saturated rings. The highest BCUT2D eigenvalue weighted by molar-refractivity contribution is 6.85. The highest BCUT2D eigenvalue weighted by atomic mass is 28.5. The maximum atomic E-state index is 9.25. The molecular weight excluding hydrogens is 571 g/mol. The zero-order valence-corrected chi connectivity index (χ0v) is 28.6. The van der Waals surface area contributed by atoms with Gasteiger partial charge >= 0.3 is 8.80 Å². The molecule has 2 aromatic heterocycles. The number of rotatable bonds is 12. The van der Waals surface area contributed by atoms with Crippen LogP contribution in [0.3, 0.4) is 0 Å². The van der Waals surface area contributed by atoms with E-state index < -0.39 is 35.6 Å². The summed E-state index contributed by atoms with van der Waals surface area (Å²) in [6.07, 6.45) is 3.10. The van der Waals surface area contributed by atoms with Crippen molar-refractivity contribution in [2.45, 2.75) is 109 Å². The van der Waals surface area contributed by atoms with Gasteiger partial charge in [-0.05, 0) is 16.6 Å². The van der Waals surface area contributed by atoms with Crippen LogP contribution in [0.5, 0.6) is 0 Å². The zero-order valence-electron chi connectivity index (χ0n) is 26.6. The lowest BCUT2D eigenvalue weighted by molar-refractivity contribution is -0.0911. The molecule has 0 aromatic carbocycles. The van der Waals surface area contributed by atoms with Crippen molar-refractivity contribution in [2.24, 2.45) is 4.99 Å². The van der Waals surface area contributed by atoms with Crippen LogP contribution in [0.25, 0.3) is 11.2 Å². The van der Waals surface area contributed by atoms with Crippen LogP contribution in [0, 0.1) is 11.3 Å². The monoisotopic (exact) mass is 617 g/mol. The van der Waals surface area contributed by atoms with E-state index in [1.54, 1.807) is 12.7 Å². The van der Waals surface area contributed by atoms with Crippen LogP contribution in [-0.2, 0) is 22.4 Å². The number of fused-ring (bicyclic) bond motifs is 2. The fourth-order valence-corrected chi connectivity index (χ4v) is 18.3. The van der Waals surface area contributed by atoms with Gasteiger partial charge in [0, 0.05) is 19.6 Å². The molecule has 5 atom stereocenters. The molecule has 2 aromatic rings. The topological polar surface area (TPSA) is 129 Å². The predicted octanol–water partition coefficient (Wildman–Crippen LogP) is 5.20. The molecule has 232 valence electrons. The molecule has 1 unspecified atom stereocenters. The summed E-state index contributed by atoms with van der Waals surface area (Å²) in [6, 6.07) is 2.18. The van der Waals surface area contributed by atoms with E-state index in [9.17, 15) is 5.26 Å². The molecule has 4 heterocycles. The lowest BCUT2D eigenvalue weighted by Crippen LogP contribution is -2.66.